The summed E-state index contributed by atoms with van der Waals surface area (Å²) in [6.45, 7) is -0.144. The minimum absolute atomic E-state index is 0.144. The largest absolute Gasteiger partial charge is 0.330 e. The third kappa shape index (κ3) is 2.98. The molecule has 100 valence electrons. The van der Waals surface area contributed by atoms with Crippen LogP contribution in [0.1, 0.15) is 17.2 Å². The second kappa shape index (κ2) is 5.75. The van der Waals surface area contributed by atoms with Crippen LogP contribution in [0, 0.1) is 0 Å². The molecule has 2 aromatic rings. The van der Waals surface area contributed by atoms with E-state index < -0.39 is 11.8 Å². The van der Waals surface area contributed by atoms with Crippen molar-refractivity contribution in [3.63, 3.8) is 0 Å². The van der Waals surface area contributed by atoms with Gasteiger partial charge >= 0.3 is 0 Å². The summed E-state index contributed by atoms with van der Waals surface area (Å²) in [7, 11) is 0. The molecule has 0 amide bonds. The van der Waals surface area contributed by atoms with Gasteiger partial charge in [-0.05, 0) is 33.6 Å². The highest BCUT2D eigenvalue weighted by Crippen LogP contribution is 2.40. The monoisotopic (exact) mass is 326 g/mol. The number of nitrogens with zero attached hydrogens (tertiary/aromatic N) is 1. The first-order valence-electron chi connectivity index (χ1n) is 5.80. The van der Waals surface area contributed by atoms with Crippen molar-refractivity contribution in [3.8, 4) is 0 Å². The highest BCUT2D eigenvalue weighted by molar-refractivity contribution is 9.10. The molecule has 1 unspecified atom stereocenters. The van der Waals surface area contributed by atoms with Gasteiger partial charge in [-0.2, -0.15) is 8.78 Å². The quantitative estimate of drug-likeness (QED) is 0.930. The predicted molar refractivity (Wildman–Crippen MR) is 74.1 cm³/mol. The molecule has 0 radical (unpaired) electrons. The molecule has 19 heavy (non-hydrogen) atoms. The van der Waals surface area contributed by atoms with Gasteiger partial charge in [0, 0.05) is 17.2 Å². The number of pyridine rings is 1. The summed E-state index contributed by atoms with van der Waals surface area (Å²) in [5.74, 6) is -4.18. The van der Waals surface area contributed by atoms with Crippen LogP contribution in [0.25, 0.3) is 0 Å². The van der Waals surface area contributed by atoms with E-state index in [0.717, 1.165) is 0 Å². The number of aromatic nitrogens is 1. The zero-order chi connectivity index (χ0) is 13.9. The fourth-order valence-corrected chi connectivity index (χ4v) is 2.16. The molecule has 1 heterocycles. The van der Waals surface area contributed by atoms with Crippen LogP contribution >= 0.6 is 15.9 Å². The van der Waals surface area contributed by atoms with Crippen LogP contribution in [0.15, 0.2) is 53.1 Å². The van der Waals surface area contributed by atoms with Gasteiger partial charge in [0.15, 0.2) is 0 Å². The Morgan fingerprint density at radius 2 is 1.84 bits per heavy atom. The Balaban J connectivity index is 2.38. The molecular weight excluding hydrogens is 314 g/mol. The molecule has 0 aliphatic heterocycles. The maximum Gasteiger partial charge on any atom is 0.297 e. The third-order valence-electron chi connectivity index (χ3n) is 2.94. The summed E-state index contributed by atoms with van der Waals surface area (Å²) >= 11 is 3.18. The maximum absolute atomic E-state index is 14.5. The molecule has 2 N–H and O–H groups in total. The summed E-state index contributed by atoms with van der Waals surface area (Å²) in [5, 5.41) is 0. The van der Waals surface area contributed by atoms with Gasteiger partial charge in [-0.1, -0.05) is 30.3 Å². The first kappa shape index (κ1) is 14.1. The van der Waals surface area contributed by atoms with Crippen molar-refractivity contribution in [1.82, 2.24) is 4.98 Å². The van der Waals surface area contributed by atoms with E-state index in [2.05, 4.69) is 20.9 Å². The van der Waals surface area contributed by atoms with Crippen LogP contribution < -0.4 is 5.73 Å². The van der Waals surface area contributed by atoms with E-state index in [1.54, 1.807) is 36.4 Å². The highest BCUT2D eigenvalue weighted by Gasteiger charge is 2.42. The van der Waals surface area contributed by atoms with Crippen LogP contribution in [0.4, 0.5) is 8.78 Å². The Bertz CT molecular complexity index is 529. The molecular formula is C14H13BrF2N2. The topological polar surface area (TPSA) is 38.9 Å². The Kier molecular flexibility index (Phi) is 4.27. The van der Waals surface area contributed by atoms with Gasteiger partial charge in [0.2, 0.25) is 0 Å². The van der Waals surface area contributed by atoms with Gasteiger partial charge in [-0.3, -0.25) is 4.98 Å². The molecule has 1 aromatic heterocycles. The van der Waals surface area contributed by atoms with Gasteiger partial charge in [-0.15, -0.1) is 0 Å². The summed E-state index contributed by atoms with van der Waals surface area (Å²) in [6.07, 6.45) is 1.36. The van der Waals surface area contributed by atoms with E-state index in [4.69, 9.17) is 5.73 Å². The van der Waals surface area contributed by atoms with E-state index in [0.29, 0.717) is 10.0 Å². The first-order chi connectivity index (χ1) is 9.05. The second-order valence-corrected chi connectivity index (χ2v) is 5.10. The van der Waals surface area contributed by atoms with Gasteiger partial charge in [0.25, 0.3) is 5.92 Å². The van der Waals surface area contributed by atoms with Crippen LogP contribution in [-0.4, -0.2) is 11.5 Å². The lowest BCUT2D eigenvalue weighted by molar-refractivity contribution is -0.0356. The SMILES string of the molecule is NCC(c1ccccc1)C(F)(F)c1ccc(Br)cn1. The van der Waals surface area contributed by atoms with E-state index in [1.165, 1.54) is 12.3 Å². The number of hydrogen-bond donors (Lipinski definition) is 1. The Labute approximate surface area is 118 Å². The van der Waals surface area contributed by atoms with Crippen molar-refractivity contribution in [2.75, 3.05) is 6.54 Å². The number of benzene rings is 1. The van der Waals surface area contributed by atoms with E-state index in [1.807, 2.05) is 0 Å². The van der Waals surface area contributed by atoms with Crippen molar-refractivity contribution in [3.05, 3.63) is 64.4 Å². The number of rotatable bonds is 4. The summed E-state index contributed by atoms with van der Waals surface area (Å²) < 4.78 is 29.6. The third-order valence-corrected chi connectivity index (χ3v) is 3.41. The van der Waals surface area contributed by atoms with Gasteiger partial charge in [0.1, 0.15) is 5.69 Å². The fourth-order valence-electron chi connectivity index (χ4n) is 1.93. The zero-order valence-electron chi connectivity index (χ0n) is 10.1. The van der Waals surface area contributed by atoms with E-state index in [9.17, 15) is 8.78 Å². The average Bonchev–Trinajstić information content (AvgIpc) is 2.41. The van der Waals surface area contributed by atoms with Crippen LogP contribution in [0.2, 0.25) is 0 Å². The molecule has 0 aliphatic rings. The van der Waals surface area contributed by atoms with Gasteiger partial charge in [0.05, 0.1) is 5.92 Å². The van der Waals surface area contributed by atoms with Crippen molar-refractivity contribution in [2.24, 2.45) is 5.73 Å². The summed E-state index contributed by atoms with van der Waals surface area (Å²) in [5.41, 5.74) is 5.79. The highest BCUT2D eigenvalue weighted by atomic mass is 79.9. The number of halogens is 3. The standard InChI is InChI=1S/C14H13BrF2N2/c15-11-6-7-13(19-9-11)14(16,17)12(8-18)10-4-2-1-3-5-10/h1-7,9,12H,8,18H2. The first-order valence-corrected chi connectivity index (χ1v) is 6.60. The van der Waals surface area contributed by atoms with Crippen LogP contribution in [0.3, 0.4) is 0 Å². The Morgan fingerprint density at radius 3 is 2.37 bits per heavy atom. The molecule has 0 saturated heterocycles. The van der Waals surface area contributed by atoms with E-state index in [-0.39, 0.29) is 12.2 Å². The van der Waals surface area contributed by atoms with Crippen molar-refractivity contribution in [1.29, 1.82) is 0 Å². The smallest absolute Gasteiger partial charge is 0.297 e. The Morgan fingerprint density at radius 1 is 1.16 bits per heavy atom. The predicted octanol–water partition coefficient (Wildman–Crippen LogP) is 3.68. The van der Waals surface area contributed by atoms with Crippen molar-refractivity contribution in [2.45, 2.75) is 11.8 Å². The molecule has 1 atom stereocenters. The van der Waals surface area contributed by atoms with Crippen LogP contribution in [-0.2, 0) is 5.92 Å². The Hall–Kier alpha value is -1.33. The van der Waals surface area contributed by atoms with Gasteiger partial charge in [-0.25, -0.2) is 0 Å². The minimum Gasteiger partial charge on any atom is -0.330 e. The summed E-state index contributed by atoms with van der Waals surface area (Å²) in [4.78, 5) is 3.79. The zero-order valence-corrected chi connectivity index (χ0v) is 11.6. The number of hydrogen-bond acceptors (Lipinski definition) is 2. The lowest BCUT2D eigenvalue weighted by Gasteiger charge is -2.25. The van der Waals surface area contributed by atoms with Crippen LogP contribution in [0.5, 0.6) is 0 Å². The molecule has 2 nitrogen and oxygen atoms in total. The van der Waals surface area contributed by atoms with Crippen molar-refractivity contribution < 1.29 is 8.78 Å². The molecule has 0 bridgehead atoms. The molecule has 0 saturated carbocycles. The van der Waals surface area contributed by atoms with E-state index >= 15 is 0 Å². The lowest BCUT2D eigenvalue weighted by atomic mass is 9.90. The second-order valence-electron chi connectivity index (χ2n) is 4.18. The molecule has 0 aliphatic carbocycles. The average molecular weight is 327 g/mol. The number of alkyl halides is 2. The molecule has 0 spiro atoms. The molecule has 1 aromatic carbocycles. The number of nitrogens with two attached hydrogens (primary N) is 1. The van der Waals surface area contributed by atoms with Gasteiger partial charge < -0.3 is 5.73 Å². The molecule has 2 rings (SSSR count). The van der Waals surface area contributed by atoms with Crippen molar-refractivity contribution >= 4 is 15.9 Å². The summed E-state index contributed by atoms with van der Waals surface area (Å²) in [6, 6.07) is 11.4. The normalized spacial score (nSPS) is 13.3. The molecule has 0 fully saturated rings. The fraction of sp³-hybridized carbons (Fsp3) is 0.214. The lowest BCUT2D eigenvalue weighted by Crippen LogP contribution is -2.30. The minimum atomic E-state index is -3.10. The molecule has 5 heteroatoms. The maximum atomic E-state index is 14.5.